The highest BCUT2D eigenvalue weighted by Gasteiger charge is 2.21. The molecule has 0 saturated heterocycles. The van der Waals surface area contributed by atoms with E-state index in [0.717, 1.165) is 37.2 Å². The van der Waals surface area contributed by atoms with Crippen molar-refractivity contribution in [2.24, 2.45) is 0 Å². The van der Waals surface area contributed by atoms with Crippen molar-refractivity contribution < 1.29 is 14.3 Å². The summed E-state index contributed by atoms with van der Waals surface area (Å²) in [6.07, 6.45) is 2.83. The van der Waals surface area contributed by atoms with Gasteiger partial charge in [-0.1, -0.05) is 19.1 Å². The Kier molecular flexibility index (Phi) is 3.67. The summed E-state index contributed by atoms with van der Waals surface area (Å²) in [5, 5.41) is 0. The molecular formula is C14H18O3. The minimum atomic E-state index is -0.163. The predicted octanol–water partition coefficient (Wildman–Crippen LogP) is 2.68. The van der Waals surface area contributed by atoms with Gasteiger partial charge in [-0.05, 0) is 36.5 Å². The van der Waals surface area contributed by atoms with Gasteiger partial charge in [-0.2, -0.15) is 0 Å². The van der Waals surface area contributed by atoms with Crippen LogP contribution in [0.15, 0.2) is 18.2 Å². The number of hydrogen-bond acceptors (Lipinski definition) is 3. The Hall–Kier alpha value is -1.51. The van der Waals surface area contributed by atoms with Gasteiger partial charge < -0.3 is 9.47 Å². The van der Waals surface area contributed by atoms with Gasteiger partial charge in [-0.3, -0.25) is 4.79 Å². The molecule has 1 atom stereocenters. The highest BCUT2D eigenvalue weighted by molar-refractivity contribution is 5.78. The zero-order valence-corrected chi connectivity index (χ0v) is 10.4. The van der Waals surface area contributed by atoms with Crippen LogP contribution in [-0.4, -0.2) is 19.7 Å². The number of hydrogen-bond donors (Lipinski definition) is 0. The van der Waals surface area contributed by atoms with Crippen molar-refractivity contribution in [3.05, 3.63) is 29.3 Å². The molecular weight excluding hydrogens is 216 g/mol. The Bertz CT molecular complexity index is 412. The molecule has 0 amide bonds. The van der Waals surface area contributed by atoms with E-state index >= 15 is 0 Å². The topological polar surface area (TPSA) is 35.5 Å². The van der Waals surface area contributed by atoms with Crippen LogP contribution in [0.25, 0.3) is 0 Å². The maximum absolute atomic E-state index is 11.7. The lowest BCUT2D eigenvalue weighted by atomic mass is 9.93. The molecule has 0 spiro atoms. The summed E-state index contributed by atoms with van der Waals surface area (Å²) in [6.45, 7) is 2.79. The molecule has 1 aromatic rings. The van der Waals surface area contributed by atoms with Gasteiger partial charge in [0.25, 0.3) is 0 Å². The van der Waals surface area contributed by atoms with Crippen molar-refractivity contribution in [1.82, 2.24) is 0 Å². The van der Waals surface area contributed by atoms with E-state index in [0.29, 0.717) is 0 Å². The number of carbonyl (C=O) groups excluding carboxylic acids is 1. The smallest absolute Gasteiger partial charge is 0.313 e. The van der Waals surface area contributed by atoms with Crippen molar-refractivity contribution >= 4 is 5.97 Å². The van der Waals surface area contributed by atoms with Crippen LogP contribution in [0.3, 0.4) is 0 Å². The summed E-state index contributed by atoms with van der Waals surface area (Å²) in [4.78, 5) is 11.7. The lowest BCUT2D eigenvalue weighted by Gasteiger charge is -2.20. The molecule has 0 radical (unpaired) electrons. The van der Waals surface area contributed by atoms with Gasteiger partial charge in [0.15, 0.2) is 0 Å². The Morgan fingerprint density at radius 1 is 1.53 bits per heavy atom. The standard InChI is InChI=1S/C14H18O3/c1-3-12(14(15)16-2)10-6-7-13-11(9-10)5-4-8-17-13/h6-7,9,12H,3-5,8H2,1-2H3. The fourth-order valence-electron chi connectivity index (χ4n) is 2.28. The van der Waals surface area contributed by atoms with Gasteiger partial charge in [0.2, 0.25) is 0 Å². The van der Waals surface area contributed by atoms with E-state index in [1.807, 2.05) is 19.1 Å². The summed E-state index contributed by atoms with van der Waals surface area (Å²) in [5.74, 6) is 0.635. The second-order valence-electron chi connectivity index (χ2n) is 4.30. The van der Waals surface area contributed by atoms with E-state index < -0.39 is 0 Å². The van der Waals surface area contributed by atoms with E-state index in [9.17, 15) is 4.79 Å². The van der Waals surface area contributed by atoms with E-state index in [2.05, 4.69) is 6.07 Å². The fraction of sp³-hybridized carbons (Fsp3) is 0.500. The molecule has 17 heavy (non-hydrogen) atoms. The number of aryl methyl sites for hydroxylation is 1. The molecule has 1 aromatic carbocycles. The average Bonchev–Trinajstić information content (AvgIpc) is 2.39. The van der Waals surface area contributed by atoms with Crippen LogP contribution in [0.2, 0.25) is 0 Å². The molecule has 92 valence electrons. The average molecular weight is 234 g/mol. The third-order valence-electron chi connectivity index (χ3n) is 3.23. The normalized spacial score (nSPS) is 15.6. The third kappa shape index (κ3) is 2.43. The van der Waals surface area contributed by atoms with E-state index in [1.165, 1.54) is 12.7 Å². The van der Waals surface area contributed by atoms with Gasteiger partial charge in [-0.15, -0.1) is 0 Å². The molecule has 0 N–H and O–H groups in total. The fourth-order valence-corrected chi connectivity index (χ4v) is 2.28. The Labute approximate surface area is 102 Å². The molecule has 1 aliphatic heterocycles. The summed E-state index contributed by atoms with van der Waals surface area (Å²) in [7, 11) is 1.44. The van der Waals surface area contributed by atoms with E-state index in [1.54, 1.807) is 0 Å². The molecule has 0 fully saturated rings. The SMILES string of the molecule is CCC(C(=O)OC)c1ccc2c(c1)CCCO2. The number of benzene rings is 1. The molecule has 1 heterocycles. The summed E-state index contributed by atoms with van der Waals surface area (Å²) in [5.41, 5.74) is 2.24. The summed E-state index contributed by atoms with van der Waals surface area (Å²) < 4.78 is 10.4. The Morgan fingerprint density at radius 3 is 3.06 bits per heavy atom. The van der Waals surface area contributed by atoms with Crippen LogP contribution in [0, 0.1) is 0 Å². The molecule has 2 rings (SSSR count). The molecule has 1 unspecified atom stereocenters. The summed E-state index contributed by atoms with van der Waals surface area (Å²) >= 11 is 0. The van der Waals surface area contributed by atoms with Gasteiger partial charge in [0.05, 0.1) is 19.6 Å². The zero-order chi connectivity index (χ0) is 12.3. The highest BCUT2D eigenvalue weighted by atomic mass is 16.5. The quantitative estimate of drug-likeness (QED) is 0.754. The zero-order valence-electron chi connectivity index (χ0n) is 10.4. The Morgan fingerprint density at radius 2 is 2.35 bits per heavy atom. The van der Waals surface area contributed by atoms with E-state index in [-0.39, 0.29) is 11.9 Å². The number of carbonyl (C=O) groups is 1. The van der Waals surface area contributed by atoms with Crippen LogP contribution in [0.4, 0.5) is 0 Å². The Balaban J connectivity index is 2.29. The first-order chi connectivity index (χ1) is 8.26. The molecule has 1 aliphatic rings. The van der Waals surface area contributed by atoms with Crippen molar-refractivity contribution in [1.29, 1.82) is 0 Å². The number of methoxy groups -OCH3 is 1. The maximum atomic E-state index is 11.7. The van der Waals surface area contributed by atoms with Crippen LogP contribution in [-0.2, 0) is 16.0 Å². The molecule has 3 nitrogen and oxygen atoms in total. The molecule has 0 aliphatic carbocycles. The van der Waals surface area contributed by atoms with Crippen LogP contribution in [0.5, 0.6) is 5.75 Å². The van der Waals surface area contributed by atoms with Crippen LogP contribution < -0.4 is 4.74 Å². The van der Waals surface area contributed by atoms with Crippen molar-refractivity contribution in [2.75, 3.05) is 13.7 Å². The van der Waals surface area contributed by atoms with Crippen molar-refractivity contribution in [2.45, 2.75) is 32.1 Å². The van der Waals surface area contributed by atoms with Gasteiger partial charge in [-0.25, -0.2) is 0 Å². The number of fused-ring (bicyclic) bond motifs is 1. The molecule has 3 heteroatoms. The number of esters is 1. The monoisotopic (exact) mass is 234 g/mol. The van der Waals surface area contributed by atoms with Gasteiger partial charge in [0, 0.05) is 0 Å². The lowest BCUT2D eigenvalue weighted by Crippen LogP contribution is -2.15. The second-order valence-corrected chi connectivity index (χ2v) is 4.30. The van der Waals surface area contributed by atoms with Gasteiger partial charge in [0.1, 0.15) is 5.75 Å². The van der Waals surface area contributed by atoms with Crippen LogP contribution >= 0.6 is 0 Å². The predicted molar refractivity (Wildman–Crippen MR) is 65.3 cm³/mol. The first-order valence-corrected chi connectivity index (χ1v) is 6.09. The molecule has 0 saturated carbocycles. The minimum Gasteiger partial charge on any atom is -0.493 e. The third-order valence-corrected chi connectivity index (χ3v) is 3.23. The largest absolute Gasteiger partial charge is 0.493 e. The van der Waals surface area contributed by atoms with E-state index in [4.69, 9.17) is 9.47 Å². The second kappa shape index (κ2) is 5.21. The first kappa shape index (κ1) is 12.0. The minimum absolute atomic E-state index is 0.160. The molecule has 0 bridgehead atoms. The number of rotatable bonds is 3. The summed E-state index contributed by atoms with van der Waals surface area (Å²) in [6, 6.07) is 6.02. The molecule has 0 aromatic heterocycles. The van der Waals surface area contributed by atoms with Crippen molar-refractivity contribution in [3.8, 4) is 5.75 Å². The van der Waals surface area contributed by atoms with Crippen molar-refractivity contribution in [3.63, 3.8) is 0 Å². The number of ether oxygens (including phenoxy) is 2. The maximum Gasteiger partial charge on any atom is 0.313 e. The van der Waals surface area contributed by atoms with Crippen LogP contribution in [0.1, 0.15) is 36.8 Å². The highest BCUT2D eigenvalue weighted by Crippen LogP contribution is 2.30. The van der Waals surface area contributed by atoms with Gasteiger partial charge >= 0.3 is 5.97 Å². The first-order valence-electron chi connectivity index (χ1n) is 6.09. The lowest BCUT2D eigenvalue weighted by molar-refractivity contribution is -0.142.